The fourth-order valence-electron chi connectivity index (χ4n) is 3.23. The Kier molecular flexibility index (Phi) is 6.59. The summed E-state index contributed by atoms with van der Waals surface area (Å²) in [6.45, 7) is 2.62. The lowest BCUT2D eigenvalue weighted by atomic mass is 9.96. The van der Waals surface area contributed by atoms with Crippen LogP contribution in [0.2, 0.25) is 0 Å². The summed E-state index contributed by atoms with van der Waals surface area (Å²) in [7, 11) is 1.61. The molecular formula is C20H26N4O3. The van der Waals surface area contributed by atoms with Crippen molar-refractivity contribution in [3.05, 3.63) is 53.9 Å². The van der Waals surface area contributed by atoms with Crippen LogP contribution in [0, 0.1) is 5.92 Å². The van der Waals surface area contributed by atoms with Crippen LogP contribution in [0.15, 0.2) is 42.7 Å². The van der Waals surface area contributed by atoms with Crippen LogP contribution >= 0.6 is 0 Å². The van der Waals surface area contributed by atoms with Crippen LogP contribution in [0.3, 0.4) is 0 Å². The summed E-state index contributed by atoms with van der Waals surface area (Å²) < 4.78 is 6.90. The van der Waals surface area contributed by atoms with Crippen molar-refractivity contribution >= 4 is 11.8 Å². The highest BCUT2D eigenvalue weighted by Gasteiger charge is 2.29. The summed E-state index contributed by atoms with van der Waals surface area (Å²) in [4.78, 5) is 26.1. The Bertz CT molecular complexity index is 760. The van der Waals surface area contributed by atoms with E-state index in [1.54, 1.807) is 18.2 Å². The summed E-state index contributed by atoms with van der Waals surface area (Å²) in [6, 6.07) is 10.1. The number of benzene rings is 1. The molecule has 1 atom stereocenters. The number of likely N-dealkylation sites (tertiary alicyclic amines) is 1. The normalized spacial score (nSPS) is 17.1. The van der Waals surface area contributed by atoms with Crippen LogP contribution in [0.5, 0.6) is 0 Å². The zero-order valence-corrected chi connectivity index (χ0v) is 15.6. The van der Waals surface area contributed by atoms with Gasteiger partial charge in [-0.15, -0.1) is 0 Å². The average molecular weight is 370 g/mol. The number of amides is 2. The zero-order valence-electron chi connectivity index (χ0n) is 15.6. The molecule has 144 valence electrons. The molecule has 3 rings (SSSR count). The highest BCUT2D eigenvalue weighted by atomic mass is 16.5. The van der Waals surface area contributed by atoms with E-state index in [0.29, 0.717) is 45.6 Å². The first kappa shape index (κ1) is 19.1. The molecule has 2 heterocycles. The molecular weight excluding hydrogens is 344 g/mol. The van der Waals surface area contributed by atoms with E-state index in [1.165, 1.54) is 5.56 Å². The largest absolute Gasteiger partial charge is 0.383 e. The summed E-state index contributed by atoms with van der Waals surface area (Å²) >= 11 is 0. The van der Waals surface area contributed by atoms with Crippen LogP contribution in [-0.2, 0) is 27.4 Å². The highest BCUT2D eigenvalue weighted by molar-refractivity contribution is 5.83. The summed E-state index contributed by atoms with van der Waals surface area (Å²) in [5, 5.41) is 7.33. The van der Waals surface area contributed by atoms with Crippen molar-refractivity contribution in [2.45, 2.75) is 25.9 Å². The molecule has 1 N–H and O–H groups in total. The molecule has 27 heavy (non-hydrogen) atoms. The van der Waals surface area contributed by atoms with Gasteiger partial charge in [-0.3, -0.25) is 14.3 Å². The Balaban J connectivity index is 1.48. The minimum absolute atomic E-state index is 0.0132. The standard InChI is InChI=1S/C20H26N4O3/c1-27-10-9-23-15-18(7-8-19(23)25)20(26)21-11-17-12-22-24(14-17)13-16-5-3-2-4-6-16/h2-6,12,14,18H,7-11,13,15H2,1H3,(H,21,26)/t18-/m1/s1. The van der Waals surface area contributed by atoms with E-state index in [9.17, 15) is 9.59 Å². The Morgan fingerprint density at radius 3 is 2.89 bits per heavy atom. The second-order valence-corrected chi connectivity index (χ2v) is 6.82. The van der Waals surface area contributed by atoms with Crippen LogP contribution in [0.25, 0.3) is 0 Å². The average Bonchev–Trinajstić information content (AvgIpc) is 3.13. The third-order valence-electron chi connectivity index (χ3n) is 4.78. The summed E-state index contributed by atoms with van der Waals surface area (Å²) in [5.41, 5.74) is 2.14. The van der Waals surface area contributed by atoms with E-state index in [4.69, 9.17) is 4.74 Å². The first-order chi connectivity index (χ1) is 13.2. The lowest BCUT2D eigenvalue weighted by Crippen LogP contribution is -2.46. The molecule has 7 nitrogen and oxygen atoms in total. The number of rotatable bonds is 8. The fourth-order valence-corrected chi connectivity index (χ4v) is 3.23. The van der Waals surface area contributed by atoms with Crippen LogP contribution in [-0.4, -0.2) is 53.3 Å². The van der Waals surface area contributed by atoms with Gasteiger partial charge in [0, 0.05) is 44.9 Å². The Morgan fingerprint density at radius 2 is 2.11 bits per heavy atom. The lowest BCUT2D eigenvalue weighted by molar-refractivity contribution is -0.138. The van der Waals surface area contributed by atoms with Gasteiger partial charge in [-0.1, -0.05) is 30.3 Å². The van der Waals surface area contributed by atoms with Crippen LogP contribution in [0.1, 0.15) is 24.0 Å². The van der Waals surface area contributed by atoms with E-state index < -0.39 is 0 Å². The van der Waals surface area contributed by atoms with Gasteiger partial charge in [0.1, 0.15) is 0 Å². The molecule has 0 spiro atoms. The number of nitrogens with one attached hydrogen (secondary N) is 1. The maximum atomic E-state index is 12.5. The SMILES string of the molecule is COCCN1C[C@H](C(=O)NCc2cnn(Cc3ccccc3)c2)CCC1=O. The smallest absolute Gasteiger partial charge is 0.225 e. The predicted octanol–water partition coefficient (Wildman–Crippen LogP) is 1.43. The van der Waals surface area contributed by atoms with Gasteiger partial charge < -0.3 is 15.0 Å². The minimum Gasteiger partial charge on any atom is -0.383 e. The summed E-state index contributed by atoms with van der Waals surface area (Å²) in [5.74, 6) is -0.0852. The van der Waals surface area contributed by atoms with E-state index >= 15 is 0 Å². The van der Waals surface area contributed by atoms with Gasteiger partial charge in [-0.25, -0.2) is 0 Å². The molecule has 2 aromatic rings. The number of aromatic nitrogens is 2. The number of piperidine rings is 1. The molecule has 1 saturated heterocycles. The number of hydrogen-bond donors (Lipinski definition) is 1. The van der Waals surface area contributed by atoms with E-state index in [1.807, 2.05) is 29.1 Å². The zero-order chi connectivity index (χ0) is 19.1. The van der Waals surface area contributed by atoms with Gasteiger partial charge in [0.15, 0.2) is 0 Å². The monoisotopic (exact) mass is 370 g/mol. The molecule has 0 radical (unpaired) electrons. The van der Waals surface area contributed by atoms with E-state index in [0.717, 1.165) is 5.56 Å². The van der Waals surface area contributed by atoms with Crippen molar-refractivity contribution in [3.63, 3.8) is 0 Å². The number of nitrogens with zero attached hydrogens (tertiary/aromatic N) is 3. The third-order valence-corrected chi connectivity index (χ3v) is 4.78. The molecule has 1 fully saturated rings. The maximum absolute atomic E-state index is 12.5. The van der Waals surface area contributed by atoms with Crippen molar-refractivity contribution in [2.75, 3.05) is 26.8 Å². The number of hydrogen-bond acceptors (Lipinski definition) is 4. The molecule has 7 heteroatoms. The third kappa shape index (κ3) is 5.40. The van der Waals surface area contributed by atoms with Gasteiger partial charge >= 0.3 is 0 Å². The second-order valence-electron chi connectivity index (χ2n) is 6.82. The van der Waals surface area contributed by atoms with Gasteiger partial charge in [0.05, 0.1) is 25.3 Å². The molecule has 1 aliphatic rings. The number of methoxy groups -OCH3 is 1. The highest BCUT2D eigenvalue weighted by Crippen LogP contribution is 2.18. The number of ether oxygens (including phenoxy) is 1. The predicted molar refractivity (Wildman–Crippen MR) is 101 cm³/mol. The van der Waals surface area contributed by atoms with E-state index in [2.05, 4.69) is 22.5 Å². The number of carbonyl (C=O) groups excluding carboxylic acids is 2. The lowest BCUT2D eigenvalue weighted by Gasteiger charge is -2.31. The topological polar surface area (TPSA) is 76.5 Å². The Hall–Kier alpha value is -2.67. The van der Waals surface area contributed by atoms with E-state index in [-0.39, 0.29) is 17.7 Å². The van der Waals surface area contributed by atoms with Crippen molar-refractivity contribution in [2.24, 2.45) is 5.92 Å². The first-order valence-corrected chi connectivity index (χ1v) is 9.25. The van der Waals surface area contributed by atoms with Crippen LogP contribution in [0.4, 0.5) is 0 Å². The van der Waals surface area contributed by atoms with Gasteiger partial charge in [-0.05, 0) is 12.0 Å². The molecule has 0 saturated carbocycles. The molecule has 0 unspecified atom stereocenters. The molecule has 0 aliphatic carbocycles. The molecule has 1 aromatic heterocycles. The van der Waals surface area contributed by atoms with Crippen molar-refractivity contribution in [3.8, 4) is 0 Å². The Morgan fingerprint density at radius 1 is 1.30 bits per heavy atom. The fraction of sp³-hybridized carbons (Fsp3) is 0.450. The second kappa shape index (κ2) is 9.32. The molecule has 1 aliphatic heterocycles. The molecule has 0 bridgehead atoms. The minimum atomic E-state index is -0.168. The molecule has 1 aromatic carbocycles. The van der Waals surface area contributed by atoms with Crippen molar-refractivity contribution < 1.29 is 14.3 Å². The van der Waals surface area contributed by atoms with Gasteiger partial charge in [0.2, 0.25) is 11.8 Å². The van der Waals surface area contributed by atoms with Crippen molar-refractivity contribution in [1.29, 1.82) is 0 Å². The first-order valence-electron chi connectivity index (χ1n) is 9.25. The molecule has 2 amide bonds. The van der Waals surface area contributed by atoms with Gasteiger partial charge in [-0.2, -0.15) is 5.10 Å². The quantitative estimate of drug-likeness (QED) is 0.763. The number of carbonyl (C=O) groups is 2. The van der Waals surface area contributed by atoms with Gasteiger partial charge in [0.25, 0.3) is 0 Å². The Labute approximate surface area is 159 Å². The summed E-state index contributed by atoms with van der Waals surface area (Å²) in [6.07, 6.45) is 4.74. The van der Waals surface area contributed by atoms with Crippen LogP contribution < -0.4 is 5.32 Å². The van der Waals surface area contributed by atoms with Crippen molar-refractivity contribution in [1.82, 2.24) is 20.0 Å². The maximum Gasteiger partial charge on any atom is 0.225 e.